The predicted octanol–water partition coefficient (Wildman–Crippen LogP) is 2.09. The van der Waals surface area contributed by atoms with Gasteiger partial charge in [-0.1, -0.05) is 25.1 Å². The van der Waals surface area contributed by atoms with Gasteiger partial charge in [0.05, 0.1) is 11.9 Å². The minimum Gasteiger partial charge on any atom is -0.480 e. The number of fused-ring (bicyclic) bond motifs is 1. The van der Waals surface area contributed by atoms with Crippen molar-refractivity contribution in [2.45, 2.75) is 32.4 Å². The highest BCUT2D eigenvalue weighted by Gasteiger charge is 2.29. The fraction of sp³-hybridized carbons (Fsp3) is 0.375. The molecule has 0 radical (unpaired) electrons. The molecule has 2 aromatic rings. The van der Waals surface area contributed by atoms with Gasteiger partial charge in [-0.2, -0.15) is 5.10 Å². The Hall–Kier alpha value is -2.14. The van der Waals surface area contributed by atoms with Crippen LogP contribution in [0.3, 0.4) is 0 Å². The summed E-state index contributed by atoms with van der Waals surface area (Å²) in [5.74, 6) is -0.739. The molecule has 1 aromatic carbocycles. The largest absolute Gasteiger partial charge is 0.480 e. The van der Waals surface area contributed by atoms with E-state index in [2.05, 4.69) is 5.10 Å². The second-order valence-corrected chi connectivity index (χ2v) is 5.35. The number of benzene rings is 1. The zero-order valence-electron chi connectivity index (χ0n) is 12.1. The highest BCUT2D eigenvalue weighted by molar-refractivity contribution is 5.73. The van der Waals surface area contributed by atoms with Gasteiger partial charge >= 0.3 is 5.97 Å². The zero-order chi connectivity index (χ0) is 14.8. The third-order valence-electron chi connectivity index (χ3n) is 4.08. The first-order valence-corrected chi connectivity index (χ1v) is 7.28. The molecule has 5 nitrogen and oxygen atoms in total. The lowest BCUT2D eigenvalue weighted by Crippen LogP contribution is -2.43. The quantitative estimate of drug-likeness (QED) is 0.934. The van der Waals surface area contributed by atoms with Crippen LogP contribution in [-0.4, -0.2) is 38.3 Å². The third-order valence-corrected chi connectivity index (χ3v) is 4.08. The fourth-order valence-electron chi connectivity index (χ4n) is 3.00. The van der Waals surface area contributed by atoms with Gasteiger partial charge in [0, 0.05) is 30.8 Å². The molecule has 1 aromatic heterocycles. The normalized spacial score (nSPS) is 16.4. The summed E-state index contributed by atoms with van der Waals surface area (Å²) in [7, 11) is 0. The molecule has 2 heterocycles. The maximum atomic E-state index is 11.3. The van der Waals surface area contributed by atoms with E-state index in [-0.39, 0.29) is 0 Å². The van der Waals surface area contributed by atoms with E-state index in [9.17, 15) is 9.90 Å². The van der Waals surface area contributed by atoms with Crippen LogP contribution in [-0.2, 0) is 17.8 Å². The summed E-state index contributed by atoms with van der Waals surface area (Å²) in [6.45, 7) is 3.34. The molecular formula is C16H19N3O2. The lowest BCUT2D eigenvalue weighted by atomic mass is 10.0. The van der Waals surface area contributed by atoms with Gasteiger partial charge in [0.2, 0.25) is 0 Å². The molecule has 3 rings (SSSR count). The summed E-state index contributed by atoms with van der Waals surface area (Å²) in [5, 5.41) is 13.8. The molecule has 1 aliphatic rings. The number of hydrogen-bond acceptors (Lipinski definition) is 3. The molecule has 0 amide bonds. The van der Waals surface area contributed by atoms with Crippen molar-refractivity contribution < 1.29 is 9.90 Å². The molecule has 0 saturated carbocycles. The summed E-state index contributed by atoms with van der Waals surface area (Å²) in [6.07, 6.45) is 3.31. The number of rotatable bonds is 4. The van der Waals surface area contributed by atoms with E-state index in [0.29, 0.717) is 13.0 Å². The van der Waals surface area contributed by atoms with Gasteiger partial charge in [0.15, 0.2) is 0 Å². The van der Waals surface area contributed by atoms with Crippen molar-refractivity contribution in [3.8, 4) is 5.69 Å². The van der Waals surface area contributed by atoms with E-state index in [1.165, 1.54) is 5.69 Å². The second-order valence-electron chi connectivity index (χ2n) is 5.35. The highest BCUT2D eigenvalue weighted by atomic mass is 16.4. The monoisotopic (exact) mass is 285 g/mol. The number of aromatic nitrogens is 2. The number of carboxylic acids is 1. The van der Waals surface area contributed by atoms with E-state index in [1.54, 1.807) is 0 Å². The Morgan fingerprint density at radius 1 is 1.38 bits per heavy atom. The molecule has 0 saturated heterocycles. The maximum Gasteiger partial charge on any atom is 0.320 e. The van der Waals surface area contributed by atoms with E-state index in [1.807, 2.05) is 53.0 Å². The van der Waals surface area contributed by atoms with Crippen molar-refractivity contribution in [2.24, 2.45) is 0 Å². The Bertz CT molecular complexity index is 636. The topological polar surface area (TPSA) is 58.4 Å². The highest BCUT2D eigenvalue weighted by Crippen LogP contribution is 2.23. The second kappa shape index (κ2) is 5.69. The molecule has 0 spiro atoms. The van der Waals surface area contributed by atoms with Crippen LogP contribution in [0.25, 0.3) is 5.69 Å². The molecule has 1 unspecified atom stereocenters. The lowest BCUT2D eigenvalue weighted by molar-refractivity contribution is -0.143. The van der Waals surface area contributed by atoms with E-state index < -0.39 is 12.0 Å². The van der Waals surface area contributed by atoms with Crippen molar-refractivity contribution in [2.75, 3.05) is 6.54 Å². The smallest absolute Gasteiger partial charge is 0.320 e. The Morgan fingerprint density at radius 2 is 2.14 bits per heavy atom. The number of carboxylic acid groups (broad SMARTS) is 1. The summed E-state index contributed by atoms with van der Waals surface area (Å²) < 4.78 is 1.97. The van der Waals surface area contributed by atoms with Crippen molar-refractivity contribution >= 4 is 5.97 Å². The molecule has 1 N–H and O–H groups in total. The summed E-state index contributed by atoms with van der Waals surface area (Å²) >= 11 is 0. The molecule has 1 aliphatic heterocycles. The van der Waals surface area contributed by atoms with Crippen molar-refractivity contribution in [3.63, 3.8) is 0 Å². The maximum absolute atomic E-state index is 11.3. The Balaban J connectivity index is 1.86. The van der Waals surface area contributed by atoms with Crippen LogP contribution in [0, 0.1) is 0 Å². The van der Waals surface area contributed by atoms with Crippen LogP contribution >= 0.6 is 0 Å². The first kappa shape index (κ1) is 13.8. The van der Waals surface area contributed by atoms with Crippen molar-refractivity contribution in [3.05, 3.63) is 47.8 Å². The van der Waals surface area contributed by atoms with E-state index >= 15 is 0 Å². The van der Waals surface area contributed by atoms with Gasteiger partial charge in [-0.25, -0.2) is 4.68 Å². The molecule has 110 valence electrons. The van der Waals surface area contributed by atoms with Gasteiger partial charge < -0.3 is 5.11 Å². The number of aliphatic carboxylic acids is 1. The number of carbonyl (C=O) groups is 1. The van der Waals surface area contributed by atoms with Crippen LogP contribution < -0.4 is 0 Å². The van der Waals surface area contributed by atoms with Crippen LogP contribution in [0.15, 0.2) is 36.5 Å². The number of para-hydroxylation sites is 1. The SMILES string of the molecule is CCC(C(=O)O)N1CCc2c(cnn2-c2ccccc2)C1. The Kier molecular flexibility index (Phi) is 3.75. The Labute approximate surface area is 123 Å². The standard InChI is InChI=1S/C16H19N3O2/c1-2-14(16(20)21)18-9-8-15-12(11-18)10-17-19(15)13-6-4-3-5-7-13/h3-7,10,14H,2,8-9,11H2,1H3,(H,20,21). The van der Waals surface area contributed by atoms with Crippen LogP contribution in [0.5, 0.6) is 0 Å². The third kappa shape index (κ3) is 2.56. The molecule has 1 atom stereocenters. The minimum atomic E-state index is -0.739. The van der Waals surface area contributed by atoms with Crippen LogP contribution in [0.1, 0.15) is 24.6 Å². The number of nitrogens with zero attached hydrogens (tertiary/aromatic N) is 3. The molecule has 5 heteroatoms. The average Bonchev–Trinajstić information content (AvgIpc) is 2.91. The van der Waals surface area contributed by atoms with Crippen LogP contribution in [0.4, 0.5) is 0 Å². The Morgan fingerprint density at radius 3 is 2.81 bits per heavy atom. The van der Waals surface area contributed by atoms with Gasteiger partial charge in [-0.15, -0.1) is 0 Å². The summed E-state index contributed by atoms with van der Waals surface area (Å²) in [6, 6.07) is 9.64. The predicted molar refractivity (Wildman–Crippen MR) is 79.4 cm³/mol. The molecular weight excluding hydrogens is 266 g/mol. The molecule has 0 aliphatic carbocycles. The van der Waals surface area contributed by atoms with Gasteiger partial charge in [-0.05, 0) is 18.6 Å². The first-order chi connectivity index (χ1) is 10.2. The van der Waals surface area contributed by atoms with Crippen molar-refractivity contribution in [1.29, 1.82) is 0 Å². The zero-order valence-corrected chi connectivity index (χ0v) is 12.1. The van der Waals surface area contributed by atoms with Gasteiger partial charge in [0.25, 0.3) is 0 Å². The molecule has 21 heavy (non-hydrogen) atoms. The fourth-order valence-corrected chi connectivity index (χ4v) is 3.00. The van der Waals surface area contributed by atoms with Gasteiger partial charge in [0.1, 0.15) is 6.04 Å². The minimum absolute atomic E-state index is 0.404. The van der Waals surface area contributed by atoms with E-state index in [4.69, 9.17) is 0 Å². The average molecular weight is 285 g/mol. The molecule has 0 bridgehead atoms. The number of hydrogen-bond donors (Lipinski definition) is 1. The van der Waals surface area contributed by atoms with Gasteiger partial charge in [-0.3, -0.25) is 9.69 Å². The summed E-state index contributed by atoms with van der Waals surface area (Å²) in [5.41, 5.74) is 3.37. The van der Waals surface area contributed by atoms with Crippen LogP contribution in [0.2, 0.25) is 0 Å². The van der Waals surface area contributed by atoms with Crippen molar-refractivity contribution in [1.82, 2.24) is 14.7 Å². The molecule has 0 fully saturated rings. The lowest BCUT2D eigenvalue weighted by Gasteiger charge is -2.31. The summed E-state index contributed by atoms with van der Waals surface area (Å²) in [4.78, 5) is 13.3. The first-order valence-electron chi connectivity index (χ1n) is 7.28. The van der Waals surface area contributed by atoms with E-state index in [0.717, 1.165) is 24.2 Å².